The van der Waals surface area contributed by atoms with Crippen LogP contribution >= 0.6 is 0 Å². The van der Waals surface area contributed by atoms with Crippen molar-refractivity contribution in [2.45, 2.75) is 44.4 Å². The lowest BCUT2D eigenvalue weighted by Gasteiger charge is -2.18. The molecular formula is C12H21NO3S. The van der Waals surface area contributed by atoms with Crippen LogP contribution in [0, 0.1) is 0 Å². The summed E-state index contributed by atoms with van der Waals surface area (Å²) in [5.74, 6) is 0.301. The van der Waals surface area contributed by atoms with Crippen LogP contribution in [-0.4, -0.2) is 13.0 Å². The molecule has 0 atom stereocenters. The minimum atomic E-state index is -4.13. The van der Waals surface area contributed by atoms with Gasteiger partial charge in [0.05, 0.1) is 4.90 Å². The monoisotopic (exact) mass is 259 g/mol. The van der Waals surface area contributed by atoms with Gasteiger partial charge in [0, 0.05) is 0 Å². The summed E-state index contributed by atoms with van der Waals surface area (Å²) in [5.41, 5.74) is 1.70. The molecule has 0 bridgehead atoms. The molecule has 1 rings (SSSR count). The van der Waals surface area contributed by atoms with E-state index in [2.05, 4.69) is 0 Å². The van der Waals surface area contributed by atoms with E-state index in [4.69, 9.17) is 0 Å². The van der Waals surface area contributed by atoms with Gasteiger partial charge >= 0.3 is 0 Å². The van der Waals surface area contributed by atoms with E-state index in [-0.39, 0.29) is 22.9 Å². The summed E-state index contributed by atoms with van der Waals surface area (Å²) >= 11 is 0. The molecule has 1 aromatic rings. The second-order valence-corrected chi connectivity index (χ2v) is 5.93. The largest absolute Gasteiger partial charge is 0.344 e. The lowest BCUT2D eigenvalue weighted by Crippen LogP contribution is -2.08. The standard InChI is InChI=1S/C12H18O3S.H3N/c1-8(2)10-6-5-7-11(16(13,14)15)12(10)9(3)4;/h5-9H,1-4H3,(H,13,14,15);1H3. The highest BCUT2D eigenvalue weighted by Gasteiger charge is 2.21. The molecule has 0 aliphatic carbocycles. The van der Waals surface area contributed by atoms with Gasteiger partial charge in [-0.3, -0.25) is 4.55 Å². The Labute approximate surface area is 103 Å². The van der Waals surface area contributed by atoms with E-state index >= 15 is 0 Å². The van der Waals surface area contributed by atoms with Crippen LogP contribution in [0.25, 0.3) is 0 Å². The third kappa shape index (κ3) is 3.52. The molecule has 0 unspecified atom stereocenters. The molecule has 0 fully saturated rings. The molecular weight excluding hydrogens is 238 g/mol. The lowest BCUT2D eigenvalue weighted by molar-refractivity contribution is 0.481. The average Bonchev–Trinajstić information content (AvgIpc) is 2.14. The van der Waals surface area contributed by atoms with Crippen molar-refractivity contribution in [2.24, 2.45) is 0 Å². The van der Waals surface area contributed by atoms with Gasteiger partial charge in [-0.1, -0.05) is 39.8 Å². The summed E-state index contributed by atoms with van der Waals surface area (Å²) < 4.78 is 31.8. The minimum absolute atomic E-state index is 0. The predicted octanol–water partition coefficient (Wildman–Crippen LogP) is 3.34. The molecule has 1 aromatic carbocycles. The maximum atomic E-state index is 11.3. The normalized spacial score (nSPS) is 11.7. The smallest absolute Gasteiger partial charge is 0.294 e. The number of rotatable bonds is 3. The maximum Gasteiger partial charge on any atom is 0.294 e. The van der Waals surface area contributed by atoms with E-state index < -0.39 is 10.1 Å². The molecule has 4 nitrogen and oxygen atoms in total. The van der Waals surface area contributed by atoms with Crippen molar-refractivity contribution in [3.8, 4) is 0 Å². The van der Waals surface area contributed by atoms with Crippen LogP contribution in [0.3, 0.4) is 0 Å². The van der Waals surface area contributed by atoms with E-state index in [1.165, 1.54) is 6.07 Å². The van der Waals surface area contributed by atoms with Crippen LogP contribution < -0.4 is 6.15 Å². The molecule has 0 aromatic heterocycles. The van der Waals surface area contributed by atoms with E-state index in [1.807, 2.05) is 33.8 Å². The third-order valence-corrected chi connectivity index (χ3v) is 3.49. The molecule has 0 heterocycles. The quantitative estimate of drug-likeness (QED) is 0.814. The van der Waals surface area contributed by atoms with Gasteiger partial charge in [0.25, 0.3) is 10.1 Å². The van der Waals surface area contributed by atoms with Crippen molar-refractivity contribution in [3.05, 3.63) is 29.3 Å². The Morgan fingerprint density at radius 1 is 1.06 bits per heavy atom. The fourth-order valence-electron chi connectivity index (χ4n) is 1.91. The van der Waals surface area contributed by atoms with Crippen molar-refractivity contribution in [1.29, 1.82) is 0 Å². The summed E-state index contributed by atoms with van der Waals surface area (Å²) in [6.07, 6.45) is 0. The number of hydrogen-bond donors (Lipinski definition) is 2. The number of hydrogen-bond acceptors (Lipinski definition) is 3. The molecule has 0 aliphatic heterocycles. The van der Waals surface area contributed by atoms with Crippen molar-refractivity contribution >= 4 is 10.1 Å². The van der Waals surface area contributed by atoms with E-state index in [0.717, 1.165) is 11.1 Å². The topological polar surface area (TPSA) is 89.4 Å². The Bertz CT molecular complexity index is 479. The molecule has 17 heavy (non-hydrogen) atoms. The van der Waals surface area contributed by atoms with Gasteiger partial charge in [0.1, 0.15) is 0 Å². The third-order valence-electron chi connectivity index (χ3n) is 2.58. The molecule has 0 spiro atoms. The van der Waals surface area contributed by atoms with Crippen LogP contribution in [0.15, 0.2) is 23.1 Å². The zero-order chi connectivity index (χ0) is 12.5. The summed E-state index contributed by atoms with van der Waals surface area (Å²) in [5, 5.41) is 0. The molecule has 98 valence electrons. The molecule has 5 heteroatoms. The van der Waals surface area contributed by atoms with Crippen LogP contribution in [0.5, 0.6) is 0 Å². The van der Waals surface area contributed by atoms with Gasteiger partial charge < -0.3 is 6.15 Å². The molecule has 4 N–H and O–H groups in total. The van der Waals surface area contributed by atoms with E-state index in [1.54, 1.807) is 6.07 Å². The predicted molar refractivity (Wildman–Crippen MR) is 69.5 cm³/mol. The summed E-state index contributed by atoms with van der Waals surface area (Å²) in [7, 11) is -4.13. The van der Waals surface area contributed by atoms with Gasteiger partial charge in [0.15, 0.2) is 0 Å². The fraction of sp³-hybridized carbons (Fsp3) is 0.500. The fourth-order valence-corrected chi connectivity index (χ4v) is 2.79. The van der Waals surface area contributed by atoms with Crippen LogP contribution in [0.2, 0.25) is 0 Å². The van der Waals surface area contributed by atoms with E-state index in [9.17, 15) is 13.0 Å². The van der Waals surface area contributed by atoms with Crippen LogP contribution in [0.1, 0.15) is 50.7 Å². The first-order chi connectivity index (χ1) is 7.25. The second kappa shape index (κ2) is 5.62. The summed E-state index contributed by atoms with van der Waals surface area (Å²) in [6, 6.07) is 5.04. The average molecular weight is 259 g/mol. The summed E-state index contributed by atoms with van der Waals surface area (Å²) in [4.78, 5) is 0.0358. The van der Waals surface area contributed by atoms with Gasteiger partial charge in [-0.05, 0) is 29.0 Å². The minimum Gasteiger partial charge on any atom is -0.344 e. The molecule has 0 aliphatic rings. The van der Waals surface area contributed by atoms with Crippen molar-refractivity contribution in [1.82, 2.24) is 6.15 Å². The highest BCUT2D eigenvalue weighted by atomic mass is 32.2. The number of benzene rings is 1. The molecule has 0 saturated heterocycles. The van der Waals surface area contributed by atoms with Crippen molar-refractivity contribution in [3.63, 3.8) is 0 Å². The Morgan fingerprint density at radius 3 is 1.94 bits per heavy atom. The molecule has 0 saturated carbocycles. The molecule has 0 amide bonds. The lowest BCUT2D eigenvalue weighted by atomic mass is 9.91. The highest BCUT2D eigenvalue weighted by molar-refractivity contribution is 7.85. The SMILES string of the molecule is CC(C)c1cccc(S(=O)(=O)O)c1C(C)C.N. The first kappa shape index (κ1) is 16.1. The Hall–Kier alpha value is -0.910. The first-order valence-electron chi connectivity index (χ1n) is 5.35. The van der Waals surface area contributed by atoms with Crippen molar-refractivity contribution < 1.29 is 13.0 Å². The Morgan fingerprint density at radius 2 is 1.59 bits per heavy atom. The van der Waals surface area contributed by atoms with Crippen molar-refractivity contribution in [2.75, 3.05) is 0 Å². The maximum absolute atomic E-state index is 11.3. The van der Waals surface area contributed by atoms with Gasteiger partial charge in [0.2, 0.25) is 0 Å². The van der Waals surface area contributed by atoms with Crippen LogP contribution in [0.4, 0.5) is 0 Å². The zero-order valence-corrected chi connectivity index (χ0v) is 11.6. The highest BCUT2D eigenvalue weighted by Crippen LogP contribution is 2.31. The van der Waals surface area contributed by atoms with Gasteiger partial charge in [-0.15, -0.1) is 0 Å². The Kier molecular flexibility index (Phi) is 5.32. The first-order valence-corrected chi connectivity index (χ1v) is 6.79. The Balaban J connectivity index is 0.00000256. The van der Waals surface area contributed by atoms with Crippen LogP contribution in [-0.2, 0) is 10.1 Å². The van der Waals surface area contributed by atoms with E-state index in [0.29, 0.717) is 0 Å². The molecule has 0 radical (unpaired) electrons. The van der Waals surface area contributed by atoms with Gasteiger partial charge in [-0.2, -0.15) is 8.42 Å². The second-order valence-electron chi connectivity index (χ2n) is 4.54. The van der Waals surface area contributed by atoms with Gasteiger partial charge in [-0.25, -0.2) is 0 Å². The zero-order valence-electron chi connectivity index (χ0n) is 10.8. The summed E-state index contributed by atoms with van der Waals surface area (Å²) in [6.45, 7) is 7.87.